The predicted molar refractivity (Wildman–Crippen MR) is 80.6 cm³/mol. The maximum atomic E-state index is 11.0. The highest BCUT2D eigenvalue weighted by molar-refractivity contribution is 5.77. The van der Waals surface area contributed by atoms with Crippen molar-refractivity contribution in [3.63, 3.8) is 0 Å². The van der Waals surface area contributed by atoms with E-state index in [1.165, 1.54) is 0 Å². The van der Waals surface area contributed by atoms with Crippen LogP contribution in [0.15, 0.2) is 12.1 Å². The summed E-state index contributed by atoms with van der Waals surface area (Å²) >= 11 is 0. The number of methoxy groups -OCH3 is 2. The Morgan fingerprint density at radius 3 is 2.00 bits per heavy atom. The molecule has 0 aromatic heterocycles. The third kappa shape index (κ3) is 4.23. The molecule has 0 amide bonds. The van der Waals surface area contributed by atoms with Gasteiger partial charge >= 0.3 is 0 Å². The van der Waals surface area contributed by atoms with Crippen LogP contribution in [0.1, 0.15) is 38.8 Å². The monoisotopic (exact) mass is 279 g/mol. The van der Waals surface area contributed by atoms with Crippen LogP contribution in [0.2, 0.25) is 0 Å². The van der Waals surface area contributed by atoms with Gasteiger partial charge in [0.2, 0.25) is 0 Å². The number of ketones is 1. The number of hydrogen-bond acceptors (Lipinski definition) is 4. The number of hydrogen-bond donors (Lipinski definition) is 1. The van der Waals surface area contributed by atoms with Crippen molar-refractivity contribution in [2.75, 3.05) is 20.8 Å². The molecule has 4 nitrogen and oxygen atoms in total. The Bertz CT molecular complexity index is 450. The first-order valence-electron chi connectivity index (χ1n) is 6.75. The summed E-state index contributed by atoms with van der Waals surface area (Å²) in [5.74, 6) is 1.67. The Hall–Kier alpha value is -1.55. The molecule has 0 aliphatic rings. The van der Waals surface area contributed by atoms with Gasteiger partial charge in [-0.2, -0.15) is 0 Å². The normalized spacial score (nSPS) is 11.3. The molecule has 0 unspecified atom stereocenters. The average molecular weight is 279 g/mol. The summed E-state index contributed by atoms with van der Waals surface area (Å²) in [6.07, 6.45) is 0. The third-order valence-corrected chi connectivity index (χ3v) is 3.15. The van der Waals surface area contributed by atoms with E-state index in [1.807, 2.05) is 12.1 Å². The molecule has 4 heteroatoms. The van der Waals surface area contributed by atoms with Gasteiger partial charge in [0.25, 0.3) is 0 Å². The fourth-order valence-corrected chi connectivity index (χ4v) is 1.95. The topological polar surface area (TPSA) is 47.6 Å². The Kier molecular flexibility index (Phi) is 5.57. The third-order valence-electron chi connectivity index (χ3n) is 3.15. The molecule has 0 spiro atoms. The van der Waals surface area contributed by atoms with E-state index in [9.17, 15) is 4.79 Å². The van der Waals surface area contributed by atoms with Crippen molar-refractivity contribution < 1.29 is 14.3 Å². The Morgan fingerprint density at radius 2 is 1.65 bits per heavy atom. The van der Waals surface area contributed by atoms with Crippen molar-refractivity contribution in [3.8, 4) is 11.5 Å². The van der Waals surface area contributed by atoms with Gasteiger partial charge in [0.05, 0.1) is 20.8 Å². The molecule has 20 heavy (non-hydrogen) atoms. The van der Waals surface area contributed by atoms with E-state index in [0.717, 1.165) is 22.6 Å². The average Bonchev–Trinajstić information content (AvgIpc) is 2.36. The lowest BCUT2D eigenvalue weighted by molar-refractivity contribution is -0.116. The number of nitrogens with one attached hydrogen (secondary N) is 1. The zero-order valence-corrected chi connectivity index (χ0v) is 13.3. The number of carbonyl (C=O) groups excluding carboxylic acids is 1. The summed E-state index contributed by atoms with van der Waals surface area (Å²) in [6, 6.07) is 4.07. The second kappa shape index (κ2) is 6.75. The van der Waals surface area contributed by atoms with Crippen molar-refractivity contribution in [2.45, 2.75) is 39.7 Å². The number of rotatable bonds is 6. The molecule has 0 aliphatic heterocycles. The van der Waals surface area contributed by atoms with E-state index in [2.05, 4.69) is 26.1 Å². The summed E-state index contributed by atoms with van der Waals surface area (Å²) in [6.45, 7) is 8.88. The maximum Gasteiger partial charge on any atom is 0.143 e. The quantitative estimate of drug-likeness (QED) is 0.869. The largest absolute Gasteiger partial charge is 0.496 e. The first kappa shape index (κ1) is 16.5. The lowest BCUT2D eigenvalue weighted by Gasteiger charge is -2.23. The summed E-state index contributed by atoms with van der Waals surface area (Å²) in [4.78, 5) is 11.0. The molecule has 0 saturated carbocycles. The molecule has 0 radical (unpaired) electrons. The predicted octanol–water partition coefficient (Wildman–Crippen LogP) is 2.68. The van der Waals surface area contributed by atoms with E-state index in [0.29, 0.717) is 13.1 Å². The van der Waals surface area contributed by atoms with E-state index in [1.54, 1.807) is 21.1 Å². The summed E-state index contributed by atoms with van der Waals surface area (Å²) < 4.78 is 11.0. The van der Waals surface area contributed by atoms with Crippen LogP contribution in [0, 0.1) is 0 Å². The van der Waals surface area contributed by atoms with Crippen molar-refractivity contribution in [1.82, 2.24) is 5.32 Å². The molecule has 1 aromatic carbocycles. The highest BCUT2D eigenvalue weighted by Gasteiger charge is 2.19. The standard InChI is InChI=1S/C16H25NO3/c1-11(18)9-17-10-13-14(19-5)7-12(16(2,3)4)8-15(13)20-6/h7-8,17H,9-10H2,1-6H3. The second-order valence-electron chi connectivity index (χ2n) is 5.91. The molecule has 112 valence electrons. The van der Waals surface area contributed by atoms with Crippen molar-refractivity contribution in [3.05, 3.63) is 23.3 Å². The van der Waals surface area contributed by atoms with Gasteiger partial charge < -0.3 is 14.8 Å². The fraction of sp³-hybridized carbons (Fsp3) is 0.562. The first-order chi connectivity index (χ1) is 9.29. The van der Waals surface area contributed by atoms with E-state index in [-0.39, 0.29) is 11.2 Å². The van der Waals surface area contributed by atoms with Crippen LogP contribution in [-0.2, 0) is 16.8 Å². The van der Waals surface area contributed by atoms with E-state index >= 15 is 0 Å². The van der Waals surface area contributed by atoms with Gasteiger partial charge in [0.15, 0.2) is 0 Å². The zero-order chi connectivity index (χ0) is 15.3. The molecular weight excluding hydrogens is 254 g/mol. The van der Waals surface area contributed by atoms with Gasteiger partial charge in [0, 0.05) is 12.1 Å². The molecule has 0 heterocycles. The maximum absolute atomic E-state index is 11.0. The van der Waals surface area contributed by atoms with Crippen molar-refractivity contribution in [2.24, 2.45) is 0 Å². The molecule has 0 bridgehead atoms. The molecule has 0 saturated heterocycles. The minimum absolute atomic E-state index is 0.0197. The molecule has 0 fully saturated rings. The van der Waals surface area contributed by atoms with Gasteiger partial charge in [-0.25, -0.2) is 0 Å². The van der Waals surface area contributed by atoms with Crippen molar-refractivity contribution >= 4 is 5.78 Å². The lowest BCUT2D eigenvalue weighted by atomic mass is 9.86. The van der Waals surface area contributed by atoms with Gasteiger partial charge in [-0.15, -0.1) is 0 Å². The molecular formula is C16H25NO3. The Balaban J connectivity index is 3.12. The number of benzene rings is 1. The molecule has 0 atom stereocenters. The second-order valence-corrected chi connectivity index (χ2v) is 5.91. The van der Waals surface area contributed by atoms with Crippen LogP contribution >= 0.6 is 0 Å². The molecule has 1 aromatic rings. The SMILES string of the molecule is COc1cc(C(C)(C)C)cc(OC)c1CNCC(C)=O. The van der Waals surface area contributed by atoms with Crippen LogP contribution in [0.3, 0.4) is 0 Å². The van der Waals surface area contributed by atoms with Gasteiger partial charge in [-0.05, 0) is 30.0 Å². The number of ether oxygens (including phenoxy) is 2. The van der Waals surface area contributed by atoms with Crippen molar-refractivity contribution in [1.29, 1.82) is 0 Å². The van der Waals surface area contributed by atoms with Crippen LogP contribution in [-0.4, -0.2) is 26.5 Å². The number of carbonyl (C=O) groups is 1. The first-order valence-corrected chi connectivity index (χ1v) is 6.75. The summed E-state index contributed by atoms with van der Waals surface area (Å²) in [7, 11) is 3.30. The zero-order valence-electron chi connectivity index (χ0n) is 13.3. The molecule has 0 aliphatic carbocycles. The smallest absolute Gasteiger partial charge is 0.143 e. The van der Waals surface area contributed by atoms with Crippen LogP contribution < -0.4 is 14.8 Å². The highest BCUT2D eigenvalue weighted by Crippen LogP contribution is 2.35. The summed E-state index contributed by atoms with van der Waals surface area (Å²) in [5.41, 5.74) is 2.11. The van der Waals surface area contributed by atoms with E-state index in [4.69, 9.17) is 9.47 Å². The Morgan fingerprint density at radius 1 is 1.15 bits per heavy atom. The molecule has 1 N–H and O–H groups in total. The minimum Gasteiger partial charge on any atom is -0.496 e. The van der Waals surface area contributed by atoms with Crippen LogP contribution in [0.5, 0.6) is 11.5 Å². The number of Topliss-reactive ketones (excluding diaryl/α,β-unsaturated/α-hetero) is 1. The van der Waals surface area contributed by atoms with Crippen LogP contribution in [0.4, 0.5) is 0 Å². The highest BCUT2D eigenvalue weighted by atomic mass is 16.5. The van der Waals surface area contributed by atoms with Gasteiger partial charge in [-0.1, -0.05) is 20.8 Å². The summed E-state index contributed by atoms with van der Waals surface area (Å²) in [5, 5.41) is 3.10. The van der Waals surface area contributed by atoms with Gasteiger partial charge in [0.1, 0.15) is 17.3 Å². The molecule has 1 rings (SSSR count). The van der Waals surface area contributed by atoms with Crippen LogP contribution in [0.25, 0.3) is 0 Å². The Labute approximate surface area is 121 Å². The van der Waals surface area contributed by atoms with E-state index < -0.39 is 0 Å². The lowest BCUT2D eigenvalue weighted by Crippen LogP contribution is -2.21. The fourth-order valence-electron chi connectivity index (χ4n) is 1.95. The minimum atomic E-state index is 0.0197. The van der Waals surface area contributed by atoms with Gasteiger partial charge in [-0.3, -0.25) is 4.79 Å².